The van der Waals surface area contributed by atoms with E-state index in [9.17, 15) is 0 Å². The Bertz CT molecular complexity index is 1100. The molecule has 0 aliphatic heterocycles. The molecular formula is C22H17F2NO. The van der Waals surface area contributed by atoms with Gasteiger partial charge < -0.3 is 4.74 Å². The predicted octanol–water partition coefficient (Wildman–Crippen LogP) is 5.85. The molecule has 2 nitrogen and oxygen atoms in total. The number of nitrogens with zero attached hydrogens (tertiary/aromatic N) is 1. The van der Waals surface area contributed by atoms with Gasteiger partial charge in [0.05, 0.1) is 12.6 Å². The molecule has 1 heterocycles. The highest BCUT2D eigenvalue weighted by molar-refractivity contribution is 6.07. The van der Waals surface area contributed by atoms with Crippen LogP contribution in [0.25, 0.3) is 21.7 Å². The number of pyridine rings is 1. The molecule has 1 aromatic heterocycles. The summed E-state index contributed by atoms with van der Waals surface area (Å²) in [5.41, 5.74) is 1.30. The Morgan fingerprint density at radius 3 is 2.23 bits per heavy atom. The van der Waals surface area contributed by atoms with Crippen molar-refractivity contribution >= 4 is 21.7 Å². The number of rotatable bonds is 3. The van der Waals surface area contributed by atoms with E-state index < -0.39 is 5.92 Å². The molecule has 26 heavy (non-hydrogen) atoms. The largest absolute Gasteiger partial charge is 0.497 e. The molecule has 4 heteroatoms. The zero-order chi connectivity index (χ0) is 18.3. The Kier molecular flexibility index (Phi) is 3.83. The first-order valence-corrected chi connectivity index (χ1v) is 8.32. The van der Waals surface area contributed by atoms with E-state index in [1.54, 1.807) is 18.2 Å². The van der Waals surface area contributed by atoms with Crippen molar-refractivity contribution in [3.05, 3.63) is 83.6 Å². The minimum absolute atomic E-state index is 0.109. The number of benzene rings is 3. The van der Waals surface area contributed by atoms with E-state index in [1.165, 1.54) is 31.4 Å². The molecule has 0 amide bonds. The number of aryl methyl sites for hydroxylation is 1. The number of aromatic nitrogens is 1. The normalized spacial score (nSPS) is 11.8. The monoisotopic (exact) mass is 349 g/mol. The summed E-state index contributed by atoms with van der Waals surface area (Å²) in [6.45, 7) is 1.98. The van der Waals surface area contributed by atoms with Crippen LogP contribution in [0.5, 0.6) is 5.75 Å². The molecule has 0 aliphatic rings. The van der Waals surface area contributed by atoms with Crippen LogP contribution >= 0.6 is 0 Å². The summed E-state index contributed by atoms with van der Waals surface area (Å²) < 4.78 is 35.8. The summed E-state index contributed by atoms with van der Waals surface area (Å²) in [5.74, 6) is -2.68. The van der Waals surface area contributed by atoms with E-state index in [0.29, 0.717) is 16.7 Å². The third-order valence-electron chi connectivity index (χ3n) is 4.61. The molecule has 0 saturated carbocycles. The highest BCUT2D eigenvalue weighted by Gasteiger charge is 2.37. The summed E-state index contributed by atoms with van der Waals surface area (Å²) in [7, 11) is 1.51. The highest BCUT2D eigenvalue weighted by Crippen LogP contribution is 2.40. The van der Waals surface area contributed by atoms with E-state index in [0.717, 1.165) is 16.3 Å². The second kappa shape index (κ2) is 6.06. The van der Waals surface area contributed by atoms with E-state index in [-0.39, 0.29) is 11.3 Å². The Morgan fingerprint density at radius 2 is 1.54 bits per heavy atom. The Morgan fingerprint density at radius 1 is 0.846 bits per heavy atom. The van der Waals surface area contributed by atoms with E-state index in [4.69, 9.17) is 4.74 Å². The maximum atomic E-state index is 15.4. The van der Waals surface area contributed by atoms with Gasteiger partial charge >= 0.3 is 5.92 Å². The minimum atomic E-state index is -3.22. The SMILES string of the molecule is COc1ccc(C(F)(F)c2nc3ccc(C)cc3c3ccccc23)cc1. The summed E-state index contributed by atoms with van der Waals surface area (Å²) in [4.78, 5) is 4.35. The number of fused-ring (bicyclic) bond motifs is 3. The summed E-state index contributed by atoms with van der Waals surface area (Å²) >= 11 is 0. The molecule has 130 valence electrons. The first-order valence-electron chi connectivity index (χ1n) is 8.32. The van der Waals surface area contributed by atoms with Crippen LogP contribution in [0.4, 0.5) is 8.78 Å². The van der Waals surface area contributed by atoms with Gasteiger partial charge in [0.15, 0.2) is 0 Å². The summed E-state index contributed by atoms with van der Waals surface area (Å²) in [5, 5.41) is 2.13. The molecule has 0 fully saturated rings. The summed E-state index contributed by atoms with van der Waals surface area (Å²) in [6.07, 6.45) is 0. The van der Waals surface area contributed by atoms with E-state index in [2.05, 4.69) is 4.98 Å². The molecule has 0 atom stereocenters. The van der Waals surface area contributed by atoms with Gasteiger partial charge in [-0.3, -0.25) is 0 Å². The molecule has 0 spiro atoms. The molecule has 0 radical (unpaired) electrons. The number of hydrogen-bond acceptors (Lipinski definition) is 2. The number of methoxy groups -OCH3 is 1. The van der Waals surface area contributed by atoms with Crippen LogP contribution in [0.2, 0.25) is 0 Å². The Labute approximate surface area is 150 Å². The molecule has 4 aromatic rings. The van der Waals surface area contributed by atoms with Gasteiger partial charge in [0.25, 0.3) is 0 Å². The molecule has 4 rings (SSSR count). The second-order valence-corrected chi connectivity index (χ2v) is 6.33. The van der Waals surface area contributed by atoms with Crippen LogP contribution in [0, 0.1) is 6.92 Å². The van der Waals surface area contributed by atoms with Gasteiger partial charge in [-0.2, -0.15) is 8.78 Å². The minimum Gasteiger partial charge on any atom is -0.497 e. The van der Waals surface area contributed by atoms with E-state index >= 15 is 8.78 Å². The number of halogens is 2. The van der Waals surface area contributed by atoms with Gasteiger partial charge in [-0.25, -0.2) is 4.98 Å². The maximum absolute atomic E-state index is 15.4. The van der Waals surface area contributed by atoms with Crippen molar-refractivity contribution in [1.82, 2.24) is 4.98 Å². The third-order valence-corrected chi connectivity index (χ3v) is 4.61. The molecule has 0 unspecified atom stereocenters. The van der Waals surface area contributed by atoms with Crippen molar-refractivity contribution < 1.29 is 13.5 Å². The highest BCUT2D eigenvalue weighted by atomic mass is 19.3. The van der Waals surface area contributed by atoms with Gasteiger partial charge in [0.2, 0.25) is 0 Å². The quantitative estimate of drug-likeness (QED) is 0.433. The van der Waals surface area contributed by atoms with Crippen LogP contribution in [-0.4, -0.2) is 12.1 Å². The number of ether oxygens (including phenoxy) is 1. The first kappa shape index (κ1) is 16.5. The molecule has 0 bridgehead atoms. The average molecular weight is 349 g/mol. The van der Waals surface area contributed by atoms with Crippen LogP contribution < -0.4 is 4.74 Å². The van der Waals surface area contributed by atoms with Crippen molar-refractivity contribution in [1.29, 1.82) is 0 Å². The third kappa shape index (κ3) is 2.58. The van der Waals surface area contributed by atoms with Gasteiger partial charge in [-0.1, -0.05) is 35.9 Å². The topological polar surface area (TPSA) is 22.1 Å². The van der Waals surface area contributed by atoms with Crippen LogP contribution in [0.3, 0.4) is 0 Å². The predicted molar refractivity (Wildman–Crippen MR) is 100.0 cm³/mol. The second-order valence-electron chi connectivity index (χ2n) is 6.33. The number of alkyl halides is 2. The van der Waals surface area contributed by atoms with Gasteiger partial charge in [-0.15, -0.1) is 0 Å². The fourth-order valence-corrected chi connectivity index (χ4v) is 3.24. The van der Waals surface area contributed by atoms with Crippen molar-refractivity contribution in [2.24, 2.45) is 0 Å². The smallest absolute Gasteiger partial charge is 0.315 e. The first-order chi connectivity index (χ1) is 12.5. The van der Waals surface area contributed by atoms with Crippen molar-refractivity contribution in [3.63, 3.8) is 0 Å². The number of hydrogen-bond donors (Lipinski definition) is 0. The fraction of sp³-hybridized carbons (Fsp3) is 0.136. The Balaban J connectivity index is 2.00. The van der Waals surface area contributed by atoms with Crippen molar-refractivity contribution in [2.75, 3.05) is 7.11 Å². The van der Waals surface area contributed by atoms with Gasteiger partial charge in [-0.05, 0) is 48.7 Å². The molecule has 3 aromatic carbocycles. The van der Waals surface area contributed by atoms with Crippen molar-refractivity contribution in [3.8, 4) is 5.75 Å². The summed E-state index contributed by atoms with van der Waals surface area (Å²) in [6, 6.07) is 18.7. The van der Waals surface area contributed by atoms with Crippen LogP contribution in [0.1, 0.15) is 16.8 Å². The molecule has 0 saturated heterocycles. The van der Waals surface area contributed by atoms with Gasteiger partial charge in [0, 0.05) is 16.3 Å². The average Bonchev–Trinajstić information content (AvgIpc) is 2.67. The molecular weight excluding hydrogens is 332 g/mol. The lowest BCUT2D eigenvalue weighted by Crippen LogP contribution is -2.18. The zero-order valence-electron chi connectivity index (χ0n) is 14.5. The van der Waals surface area contributed by atoms with Crippen LogP contribution in [0.15, 0.2) is 66.7 Å². The zero-order valence-corrected chi connectivity index (χ0v) is 14.5. The lowest BCUT2D eigenvalue weighted by Gasteiger charge is -2.20. The molecule has 0 aliphatic carbocycles. The fourth-order valence-electron chi connectivity index (χ4n) is 3.24. The lowest BCUT2D eigenvalue weighted by molar-refractivity contribution is 0.0401. The van der Waals surface area contributed by atoms with Gasteiger partial charge in [0.1, 0.15) is 11.4 Å². The van der Waals surface area contributed by atoms with E-state index in [1.807, 2.05) is 31.2 Å². The lowest BCUT2D eigenvalue weighted by atomic mass is 9.96. The Hall–Kier alpha value is -3.01. The maximum Gasteiger partial charge on any atom is 0.315 e. The molecule has 0 N–H and O–H groups in total. The van der Waals surface area contributed by atoms with Crippen molar-refractivity contribution in [2.45, 2.75) is 12.8 Å². The van der Waals surface area contributed by atoms with Crippen LogP contribution in [-0.2, 0) is 5.92 Å². The standard InChI is InChI=1S/C22H17F2NO/c1-14-7-12-20-19(13-14)17-5-3-4-6-18(17)21(25-20)22(23,24)15-8-10-16(26-2)11-9-15/h3-13H,1-2H3.